The fourth-order valence-electron chi connectivity index (χ4n) is 7.31. The number of amides is 2. The number of carbonyl (C=O) groups is 2. The number of hydrogen-bond acceptors (Lipinski definition) is 6. The van der Waals surface area contributed by atoms with Gasteiger partial charge in [0.05, 0.1) is 17.7 Å². The number of benzene rings is 2. The van der Waals surface area contributed by atoms with Crippen molar-refractivity contribution in [3.8, 4) is 11.8 Å². The molecule has 252 valence electrons. The molecule has 0 N–H and O–H groups in total. The molecule has 10 heteroatoms. The lowest BCUT2D eigenvalue weighted by atomic mass is 9.75. The van der Waals surface area contributed by atoms with Crippen molar-refractivity contribution >= 4 is 17.6 Å². The van der Waals surface area contributed by atoms with E-state index in [9.17, 15) is 23.6 Å². The molecule has 3 aromatic rings. The molecule has 48 heavy (non-hydrogen) atoms. The number of rotatable bonds is 4. The minimum absolute atomic E-state index is 0.00146. The Morgan fingerprint density at radius 1 is 0.896 bits per heavy atom. The molecule has 2 fully saturated rings. The zero-order chi connectivity index (χ0) is 33.6. The second-order valence-corrected chi connectivity index (χ2v) is 13.6. The molecular weight excluding hydrogens is 612 g/mol. The minimum Gasteiger partial charge on any atom is -0.492 e. The summed E-state index contributed by atoms with van der Waals surface area (Å²) in [6.07, 6.45) is 4.76. The first-order valence-electron chi connectivity index (χ1n) is 17.1. The predicted octanol–water partition coefficient (Wildman–Crippen LogP) is 6.71. The van der Waals surface area contributed by atoms with Crippen LogP contribution in [0.1, 0.15) is 72.9 Å². The van der Waals surface area contributed by atoms with Crippen molar-refractivity contribution in [2.75, 3.05) is 44.2 Å². The van der Waals surface area contributed by atoms with Crippen LogP contribution in [0.15, 0.2) is 72.9 Å². The highest BCUT2D eigenvalue weighted by Gasteiger charge is 2.42. The van der Waals surface area contributed by atoms with E-state index >= 15 is 0 Å². The molecule has 1 saturated carbocycles. The minimum atomic E-state index is -2.66. The molecule has 6 rings (SSSR count). The fraction of sp³-hybridized carbons (Fsp3) is 0.474. The summed E-state index contributed by atoms with van der Waals surface area (Å²) in [6, 6.07) is 23.1. The molecule has 3 heterocycles. The molecule has 0 bridgehead atoms. The van der Waals surface area contributed by atoms with Gasteiger partial charge >= 0.3 is 0 Å². The Balaban J connectivity index is 1.25. The van der Waals surface area contributed by atoms with E-state index < -0.39 is 5.92 Å². The summed E-state index contributed by atoms with van der Waals surface area (Å²) >= 11 is 0. The van der Waals surface area contributed by atoms with Crippen molar-refractivity contribution < 1.29 is 23.1 Å². The number of nitrogens with zero attached hydrogens (tertiary/aromatic N) is 5. The Kier molecular flexibility index (Phi) is 10.2. The van der Waals surface area contributed by atoms with Gasteiger partial charge in [-0.1, -0.05) is 42.5 Å². The van der Waals surface area contributed by atoms with E-state index in [4.69, 9.17) is 4.74 Å². The van der Waals surface area contributed by atoms with E-state index in [2.05, 4.69) is 16.0 Å². The number of aromatic nitrogens is 1. The molecule has 1 saturated heterocycles. The van der Waals surface area contributed by atoms with Crippen LogP contribution in [0.3, 0.4) is 0 Å². The topological polar surface area (TPSA) is 89.8 Å². The van der Waals surface area contributed by atoms with Crippen molar-refractivity contribution in [1.82, 2.24) is 14.8 Å². The number of hydrogen-bond donors (Lipinski definition) is 0. The smallest absolute Gasteiger partial charge is 0.257 e. The lowest BCUT2D eigenvalue weighted by Crippen LogP contribution is -2.48. The highest BCUT2D eigenvalue weighted by atomic mass is 19.3. The van der Waals surface area contributed by atoms with Crippen LogP contribution in [0.4, 0.5) is 14.6 Å². The lowest BCUT2D eigenvalue weighted by molar-refractivity contribution is -0.142. The average Bonchev–Trinajstić information content (AvgIpc) is 3.12. The molecule has 8 nitrogen and oxygen atoms in total. The van der Waals surface area contributed by atoms with E-state index in [0.717, 1.165) is 37.1 Å². The third-order valence-electron chi connectivity index (χ3n) is 10.3. The van der Waals surface area contributed by atoms with E-state index in [1.165, 1.54) is 0 Å². The van der Waals surface area contributed by atoms with Gasteiger partial charge in [-0.15, -0.1) is 0 Å². The molecule has 2 amide bonds. The van der Waals surface area contributed by atoms with Gasteiger partial charge in [0.25, 0.3) is 5.91 Å². The summed E-state index contributed by atoms with van der Waals surface area (Å²) in [5.41, 5.74) is 1.79. The van der Waals surface area contributed by atoms with E-state index in [-0.39, 0.29) is 48.8 Å². The third kappa shape index (κ3) is 7.95. The number of fused-ring (bicyclic) bond motifs is 1. The quantitative estimate of drug-likeness (QED) is 0.311. The first kappa shape index (κ1) is 33.4. The Morgan fingerprint density at radius 2 is 1.62 bits per heavy atom. The second-order valence-electron chi connectivity index (χ2n) is 13.6. The standard InChI is InChI=1S/C38H43F2N5O3/c39-38(40)16-13-31(14-17-38)35(46)44-21-18-37(19-22-44)15-6-20-43(34-12-11-30(25-41)26-42-34)23-24-45(27-29-7-2-1-3-8-29)36(47)32-9-4-5-10-33(32)48-28-37/h1-5,7-12,26,31H,6,13-24,27-28H2. The number of para-hydroxylation sites is 1. The van der Waals surface area contributed by atoms with Crippen LogP contribution < -0.4 is 9.64 Å². The number of piperidine rings is 1. The number of halogens is 2. The number of nitriles is 1. The maximum Gasteiger partial charge on any atom is 0.257 e. The van der Waals surface area contributed by atoms with Crippen LogP contribution in [0.2, 0.25) is 0 Å². The number of likely N-dealkylation sites (tertiary alicyclic amines) is 1. The van der Waals surface area contributed by atoms with Gasteiger partial charge in [-0.2, -0.15) is 5.26 Å². The van der Waals surface area contributed by atoms with Gasteiger partial charge in [-0.05, 0) is 68.4 Å². The first-order chi connectivity index (χ1) is 23.2. The zero-order valence-corrected chi connectivity index (χ0v) is 27.3. The molecule has 1 spiro atoms. The average molecular weight is 656 g/mol. The van der Waals surface area contributed by atoms with Gasteiger partial charge in [0.1, 0.15) is 17.6 Å². The van der Waals surface area contributed by atoms with E-state index in [1.54, 1.807) is 12.3 Å². The maximum absolute atomic E-state index is 14.2. The van der Waals surface area contributed by atoms with E-state index in [0.29, 0.717) is 62.8 Å². The molecule has 0 atom stereocenters. The molecule has 1 aliphatic carbocycles. The van der Waals surface area contributed by atoms with Crippen molar-refractivity contribution in [2.24, 2.45) is 11.3 Å². The van der Waals surface area contributed by atoms with Crippen LogP contribution in [0.5, 0.6) is 5.75 Å². The van der Waals surface area contributed by atoms with Gasteiger partial charge < -0.3 is 19.4 Å². The molecule has 2 aromatic carbocycles. The summed E-state index contributed by atoms with van der Waals surface area (Å²) in [6.45, 7) is 3.66. The molecule has 0 radical (unpaired) electrons. The number of pyridine rings is 1. The highest BCUT2D eigenvalue weighted by molar-refractivity contribution is 5.97. The Bertz CT molecular complexity index is 1590. The molecule has 3 aliphatic rings. The highest BCUT2D eigenvalue weighted by Crippen LogP contribution is 2.41. The lowest BCUT2D eigenvalue weighted by Gasteiger charge is -2.43. The van der Waals surface area contributed by atoms with Crippen molar-refractivity contribution in [1.29, 1.82) is 5.26 Å². The van der Waals surface area contributed by atoms with Gasteiger partial charge in [0.2, 0.25) is 11.8 Å². The normalized spacial score (nSPS) is 20.4. The Hall–Kier alpha value is -4.52. The van der Waals surface area contributed by atoms with Crippen molar-refractivity contribution in [3.63, 3.8) is 0 Å². The van der Waals surface area contributed by atoms with Gasteiger partial charge in [0, 0.05) is 69.6 Å². The number of ether oxygens (including phenoxy) is 1. The van der Waals surface area contributed by atoms with Crippen LogP contribution in [0, 0.1) is 22.7 Å². The third-order valence-corrected chi connectivity index (χ3v) is 10.3. The SMILES string of the molecule is N#Cc1ccc(N2CCCC3(CCN(C(=O)C4CCC(F)(F)CC4)CC3)COc3ccccc3C(=O)N(Cc3ccccc3)CC2)nc1. The van der Waals surface area contributed by atoms with Gasteiger partial charge in [0.15, 0.2) is 0 Å². The van der Waals surface area contributed by atoms with Crippen LogP contribution in [-0.2, 0) is 11.3 Å². The monoisotopic (exact) mass is 655 g/mol. The number of anilines is 1. The summed E-state index contributed by atoms with van der Waals surface area (Å²) in [7, 11) is 0. The Labute approximate surface area is 281 Å². The fourth-order valence-corrected chi connectivity index (χ4v) is 7.31. The predicted molar refractivity (Wildman–Crippen MR) is 179 cm³/mol. The summed E-state index contributed by atoms with van der Waals surface area (Å²) in [5, 5.41) is 9.33. The number of alkyl halides is 2. The molecule has 0 unspecified atom stereocenters. The molecular formula is C38H43F2N5O3. The summed E-state index contributed by atoms with van der Waals surface area (Å²) < 4.78 is 34.1. The van der Waals surface area contributed by atoms with Crippen LogP contribution >= 0.6 is 0 Å². The first-order valence-corrected chi connectivity index (χ1v) is 17.1. The van der Waals surface area contributed by atoms with E-state index in [1.807, 2.05) is 70.5 Å². The largest absolute Gasteiger partial charge is 0.492 e. The zero-order valence-electron chi connectivity index (χ0n) is 27.3. The number of carbonyl (C=O) groups excluding carboxylic acids is 2. The molecule has 1 aromatic heterocycles. The summed E-state index contributed by atoms with van der Waals surface area (Å²) in [5.74, 6) is -1.82. The second kappa shape index (κ2) is 14.7. The Morgan fingerprint density at radius 3 is 2.33 bits per heavy atom. The molecule has 2 aliphatic heterocycles. The summed E-state index contributed by atoms with van der Waals surface area (Å²) in [4.78, 5) is 38.1. The van der Waals surface area contributed by atoms with Gasteiger partial charge in [-0.3, -0.25) is 9.59 Å². The van der Waals surface area contributed by atoms with Crippen LogP contribution in [0.25, 0.3) is 0 Å². The van der Waals surface area contributed by atoms with Crippen LogP contribution in [-0.4, -0.2) is 71.9 Å². The van der Waals surface area contributed by atoms with Gasteiger partial charge in [-0.25, -0.2) is 13.8 Å². The van der Waals surface area contributed by atoms with Crippen molar-refractivity contribution in [2.45, 2.75) is 63.8 Å². The maximum atomic E-state index is 14.2. The van der Waals surface area contributed by atoms with Crippen molar-refractivity contribution in [3.05, 3.63) is 89.6 Å².